The van der Waals surface area contributed by atoms with Gasteiger partial charge in [-0.05, 0) is 63.7 Å². The Kier molecular flexibility index (Phi) is 2.53. The third-order valence-electron chi connectivity index (χ3n) is 6.08. The van der Waals surface area contributed by atoms with Crippen LogP contribution in [0.1, 0.15) is 66.2 Å². The minimum Gasteiger partial charge on any atom is -0.298 e. The number of Topliss-reactive ketones (excluding diaryl/α,β-unsaturated/α-hetero) is 1. The number of hydrogen-bond donors (Lipinski definition) is 0. The van der Waals surface area contributed by atoms with Gasteiger partial charge in [0.15, 0.2) is 0 Å². The third-order valence-corrected chi connectivity index (χ3v) is 6.08. The molecule has 2 heteroatoms. The predicted octanol–water partition coefficient (Wildman–Crippen LogP) is 3.40. The summed E-state index contributed by atoms with van der Waals surface area (Å²) in [7, 11) is 0. The molecule has 3 aliphatic rings. The van der Waals surface area contributed by atoms with E-state index in [4.69, 9.17) is 0 Å². The molecule has 1 saturated heterocycles. The van der Waals surface area contributed by atoms with Crippen LogP contribution in [0.4, 0.5) is 0 Å². The fraction of sp³-hybridized carbons (Fsp3) is 0.938. The molecule has 3 rings (SSSR count). The van der Waals surface area contributed by atoms with Gasteiger partial charge in [0, 0.05) is 18.5 Å². The molecule has 1 unspecified atom stereocenters. The molecule has 0 aromatic heterocycles. The van der Waals surface area contributed by atoms with E-state index in [-0.39, 0.29) is 11.6 Å². The minimum atomic E-state index is 0.130. The highest BCUT2D eigenvalue weighted by Gasteiger charge is 2.69. The zero-order chi connectivity index (χ0) is 13.2. The summed E-state index contributed by atoms with van der Waals surface area (Å²) in [6.45, 7) is 9.98. The van der Waals surface area contributed by atoms with Crippen LogP contribution in [-0.2, 0) is 4.79 Å². The maximum atomic E-state index is 12.3. The Hall–Kier alpha value is -0.370. The fourth-order valence-electron chi connectivity index (χ4n) is 4.54. The van der Waals surface area contributed by atoms with Crippen LogP contribution in [0.5, 0.6) is 0 Å². The lowest BCUT2D eigenvalue weighted by atomic mass is 9.56. The van der Waals surface area contributed by atoms with Gasteiger partial charge in [0.05, 0.1) is 6.04 Å². The van der Waals surface area contributed by atoms with Crippen molar-refractivity contribution in [3.05, 3.63) is 0 Å². The monoisotopic (exact) mass is 249 g/mol. The van der Waals surface area contributed by atoms with Gasteiger partial charge in [-0.15, -0.1) is 0 Å². The second-order valence-corrected chi connectivity index (χ2v) is 7.90. The first-order valence-corrected chi connectivity index (χ1v) is 7.63. The van der Waals surface area contributed by atoms with Gasteiger partial charge in [0.2, 0.25) is 0 Å². The second-order valence-electron chi connectivity index (χ2n) is 7.90. The highest BCUT2D eigenvalue weighted by Crippen LogP contribution is 2.75. The van der Waals surface area contributed by atoms with Crippen molar-refractivity contribution in [2.45, 2.75) is 77.8 Å². The molecule has 1 heterocycles. The van der Waals surface area contributed by atoms with Gasteiger partial charge in [0.1, 0.15) is 5.78 Å². The molecule has 0 aromatic rings. The van der Waals surface area contributed by atoms with Crippen molar-refractivity contribution in [3.63, 3.8) is 0 Å². The smallest absolute Gasteiger partial charge is 0.149 e. The summed E-state index contributed by atoms with van der Waals surface area (Å²) in [5, 5.41) is 0. The Morgan fingerprint density at radius 3 is 2.11 bits per heavy atom. The fourth-order valence-corrected chi connectivity index (χ4v) is 4.54. The van der Waals surface area contributed by atoms with E-state index >= 15 is 0 Å². The Morgan fingerprint density at radius 1 is 1.17 bits per heavy atom. The van der Waals surface area contributed by atoms with Crippen molar-refractivity contribution in [1.82, 2.24) is 4.90 Å². The van der Waals surface area contributed by atoms with E-state index in [2.05, 4.69) is 25.7 Å². The number of likely N-dealkylation sites (tertiary alicyclic amines) is 1. The first-order chi connectivity index (χ1) is 8.34. The molecule has 0 bridgehead atoms. The van der Waals surface area contributed by atoms with Crippen molar-refractivity contribution in [1.29, 1.82) is 0 Å². The topological polar surface area (TPSA) is 20.3 Å². The Morgan fingerprint density at radius 2 is 1.72 bits per heavy atom. The van der Waals surface area contributed by atoms with E-state index in [0.29, 0.717) is 23.0 Å². The van der Waals surface area contributed by atoms with Crippen LogP contribution < -0.4 is 0 Å². The van der Waals surface area contributed by atoms with Gasteiger partial charge in [-0.25, -0.2) is 0 Å². The average molecular weight is 249 g/mol. The molecule has 2 nitrogen and oxygen atoms in total. The van der Waals surface area contributed by atoms with E-state index in [1.54, 1.807) is 0 Å². The molecule has 2 saturated carbocycles. The summed E-state index contributed by atoms with van der Waals surface area (Å²) in [6.07, 6.45) is 7.50. The molecule has 102 valence electrons. The van der Waals surface area contributed by atoms with Crippen LogP contribution >= 0.6 is 0 Å². The van der Waals surface area contributed by atoms with E-state index in [1.807, 2.05) is 6.92 Å². The largest absolute Gasteiger partial charge is 0.298 e. The first kappa shape index (κ1) is 12.7. The lowest BCUT2D eigenvalue weighted by Gasteiger charge is -2.49. The quantitative estimate of drug-likeness (QED) is 0.747. The Bertz CT molecular complexity index is 377. The van der Waals surface area contributed by atoms with E-state index in [9.17, 15) is 4.79 Å². The normalized spacial score (nSPS) is 38.1. The van der Waals surface area contributed by atoms with Crippen LogP contribution in [0.2, 0.25) is 0 Å². The molecule has 2 atom stereocenters. The molecule has 2 spiro atoms. The van der Waals surface area contributed by atoms with Crippen molar-refractivity contribution >= 4 is 5.78 Å². The SMILES string of the molecule is CCC(=O)[C@@H]1CC2(CCC23CC3)CN1C(C)(C)C. The zero-order valence-electron chi connectivity index (χ0n) is 12.4. The van der Waals surface area contributed by atoms with Crippen LogP contribution in [-0.4, -0.2) is 28.8 Å². The van der Waals surface area contributed by atoms with Gasteiger partial charge in [-0.1, -0.05) is 6.92 Å². The van der Waals surface area contributed by atoms with Gasteiger partial charge in [-0.3, -0.25) is 9.69 Å². The number of hydrogen-bond acceptors (Lipinski definition) is 2. The van der Waals surface area contributed by atoms with Gasteiger partial charge >= 0.3 is 0 Å². The highest BCUT2D eigenvalue weighted by atomic mass is 16.1. The van der Waals surface area contributed by atoms with Crippen LogP contribution in [0, 0.1) is 10.8 Å². The number of nitrogens with zero attached hydrogens (tertiary/aromatic N) is 1. The number of carbonyl (C=O) groups excluding carboxylic acids is 1. The predicted molar refractivity (Wildman–Crippen MR) is 73.5 cm³/mol. The van der Waals surface area contributed by atoms with Crippen molar-refractivity contribution in [2.75, 3.05) is 6.54 Å². The van der Waals surface area contributed by atoms with Crippen molar-refractivity contribution in [2.24, 2.45) is 10.8 Å². The lowest BCUT2D eigenvalue weighted by Crippen LogP contribution is -2.49. The lowest BCUT2D eigenvalue weighted by molar-refractivity contribution is -0.124. The van der Waals surface area contributed by atoms with Crippen LogP contribution in [0.25, 0.3) is 0 Å². The van der Waals surface area contributed by atoms with E-state index in [1.165, 1.54) is 32.2 Å². The molecular formula is C16H27NO. The maximum absolute atomic E-state index is 12.3. The molecule has 0 N–H and O–H groups in total. The standard InChI is InChI=1S/C16H27NO/c1-5-13(18)12-10-16(9-8-15(16)6-7-15)11-17(12)14(2,3)4/h12H,5-11H2,1-4H3/t12-,16?/m0/s1. The number of ketones is 1. The molecule has 0 aromatic carbocycles. The number of fused-ring (bicyclic) bond motifs is 1. The minimum absolute atomic E-state index is 0.130. The summed E-state index contributed by atoms with van der Waals surface area (Å²) < 4.78 is 0. The molecular weight excluding hydrogens is 222 g/mol. The molecule has 1 aliphatic heterocycles. The van der Waals surface area contributed by atoms with E-state index in [0.717, 1.165) is 6.42 Å². The number of carbonyl (C=O) groups is 1. The van der Waals surface area contributed by atoms with Crippen LogP contribution in [0.3, 0.4) is 0 Å². The molecule has 0 radical (unpaired) electrons. The Labute approximate surface area is 111 Å². The summed E-state index contributed by atoms with van der Waals surface area (Å²) in [5.74, 6) is 0.462. The third kappa shape index (κ3) is 1.54. The van der Waals surface area contributed by atoms with Crippen molar-refractivity contribution < 1.29 is 4.79 Å². The average Bonchev–Trinajstić information content (AvgIpc) is 3.01. The molecule has 3 fully saturated rings. The Balaban J connectivity index is 1.86. The first-order valence-electron chi connectivity index (χ1n) is 7.63. The second kappa shape index (κ2) is 3.59. The summed E-state index contributed by atoms with van der Waals surface area (Å²) >= 11 is 0. The zero-order valence-corrected chi connectivity index (χ0v) is 12.4. The number of rotatable bonds is 2. The summed E-state index contributed by atoms with van der Waals surface area (Å²) in [4.78, 5) is 14.8. The summed E-state index contributed by atoms with van der Waals surface area (Å²) in [6, 6.07) is 0.202. The molecule has 2 aliphatic carbocycles. The van der Waals surface area contributed by atoms with E-state index < -0.39 is 0 Å². The summed E-state index contributed by atoms with van der Waals surface area (Å²) in [5.41, 5.74) is 1.31. The van der Waals surface area contributed by atoms with Gasteiger partial charge in [0.25, 0.3) is 0 Å². The molecule has 18 heavy (non-hydrogen) atoms. The molecule has 0 amide bonds. The van der Waals surface area contributed by atoms with Crippen LogP contribution in [0.15, 0.2) is 0 Å². The van der Waals surface area contributed by atoms with Crippen molar-refractivity contribution in [3.8, 4) is 0 Å². The maximum Gasteiger partial charge on any atom is 0.149 e. The highest BCUT2D eigenvalue weighted by molar-refractivity contribution is 5.84. The van der Waals surface area contributed by atoms with Gasteiger partial charge in [-0.2, -0.15) is 0 Å². The van der Waals surface area contributed by atoms with Gasteiger partial charge < -0.3 is 0 Å².